The zero-order valence-corrected chi connectivity index (χ0v) is 8.60. The molecule has 0 amide bonds. The van der Waals surface area contributed by atoms with Gasteiger partial charge in [-0.15, -0.1) is 0 Å². The van der Waals surface area contributed by atoms with Gasteiger partial charge in [-0.1, -0.05) is 0 Å². The highest BCUT2D eigenvalue weighted by Crippen LogP contribution is 2.31. The van der Waals surface area contributed by atoms with Crippen molar-refractivity contribution in [2.75, 3.05) is 0 Å². The van der Waals surface area contributed by atoms with E-state index >= 15 is 0 Å². The average molecular weight is 283 g/mol. The molecule has 0 aliphatic rings. The van der Waals surface area contributed by atoms with Gasteiger partial charge in [-0.2, -0.15) is 13.2 Å². The first kappa shape index (κ1) is 10.4. The van der Waals surface area contributed by atoms with Crippen LogP contribution in [0.25, 0.3) is 5.52 Å². The van der Waals surface area contributed by atoms with Crippen molar-refractivity contribution in [1.82, 2.24) is 9.38 Å². The van der Waals surface area contributed by atoms with E-state index in [-0.39, 0.29) is 10.1 Å². The van der Waals surface area contributed by atoms with Gasteiger partial charge in [0, 0.05) is 6.20 Å². The number of fused-ring (bicyclic) bond motifs is 1. The summed E-state index contributed by atoms with van der Waals surface area (Å²) in [7, 11) is 0. The lowest BCUT2D eigenvalue weighted by molar-refractivity contribution is -0.145. The molecule has 7 heteroatoms. The van der Waals surface area contributed by atoms with E-state index in [1.165, 1.54) is 6.07 Å². The van der Waals surface area contributed by atoms with Gasteiger partial charge in [0.15, 0.2) is 0 Å². The van der Waals surface area contributed by atoms with Crippen LogP contribution < -0.4 is 0 Å². The summed E-state index contributed by atoms with van der Waals surface area (Å²) in [6.45, 7) is 0. The molecule has 0 radical (unpaired) electrons. The van der Waals surface area contributed by atoms with Crippen molar-refractivity contribution in [2.24, 2.45) is 0 Å². The molecule has 2 nitrogen and oxygen atoms in total. The van der Waals surface area contributed by atoms with E-state index in [0.717, 1.165) is 12.3 Å². The van der Waals surface area contributed by atoms with Crippen LogP contribution in [0.3, 0.4) is 0 Å². The molecule has 0 saturated heterocycles. The smallest absolute Gasteiger partial charge is 0.292 e. The fourth-order valence-electron chi connectivity index (χ4n) is 1.22. The molecule has 2 rings (SSSR count). The molecular weight excluding hydrogens is 280 g/mol. The largest absolute Gasteiger partial charge is 0.450 e. The van der Waals surface area contributed by atoms with Crippen LogP contribution in [0.2, 0.25) is 0 Å². The summed E-state index contributed by atoms with van der Waals surface area (Å²) < 4.78 is 50.8. The molecule has 0 bridgehead atoms. The van der Waals surface area contributed by atoms with Crippen LogP contribution in [-0.2, 0) is 6.18 Å². The Morgan fingerprint density at radius 2 is 1.93 bits per heavy atom. The number of hydrogen-bond donors (Lipinski definition) is 0. The van der Waals surface area contributed by atoms with Crippen LogP contribution in [0.4, 0.5) is 17.6 Å². The van der Waals surface area contributed by atoms with Crippen LogP contribution in [0.1, 0.15) is 5.82 Å². The third kappa shape index (κ3) is 1.71. The van der Waals surface area contributed by atoms with E-state index in [2.05, 4.69) is 20.9 Å². The average Bonchev–Trinajstić information content (AvgIpc) is 2.42. The Morgan fingerprint density at radius 3 is 2.53 bits per heavy atom. The lowest BCUT2D eigenvalue weighted by Gasteiger charge is -2.04. The quantitative estimate of drug-likeness (QED) is 0.678. The summed E-state index contributed by atoms with van der Waals surface area (Å²) in [5, 5.41) is 0. The van der Waals surface area contributed by atoms with E-state index in [0.29, 0.717) is 4.40 Å². The van der Waals surface area contributed by atoms with Crippen molar-refractivity contribution < 1.29 is 17.6 Å². The molecule has 2 aromatic rings. The summed E-state index contributed by atoms with van der Waals surface area (Å²) in [6, 6.07) is 2.30. The normalized spacial score (nSPS) is 12.3. The van der Waals surface area contributed by atoms with Crippen LogP contribution in [-0.4, -0.2) is 9.38 Å². The first-order valence-electron chi connectivity index (χ1n) is 3.80. The Labute approximate surface area is 89.7 Å². The number of imidazole rings is 1. The zero-order chi connectivity index (χ0) is 11.2. The molecule has 0 fully saturated rings. The highest BCUT2D eigenvalue weighted by Gasteiger charge is 2.36. The fourth-order valence-corrected chi connectivity index (χ4v) is 1.71. The van der Waals surface area contributed by atoms with Crippen LogP contribution in [0.5, 0.6) is 0 Å². The number of halogens is 5. The topological polar surface area (TPSA) is 17.3 Å². The maximum atomic E-state index is 12.8. The Kier molecular flexibility index (Phi) is 2.22. The van der Waals surface area contributed by atoms with Crippen LogP contribution in [0.15, 0.2) is 22.9 Å². The molecule has 15 heavy (non-hydrogen) atoms. The minimum atomic E-state index is -4.61. The Balaban J connectivity index is 2.81. The summed E-state index contributed by atoms with van der Waals surface area (Å²) in [4.78, 5) is 3.29. The molecular formula is C8H3BrF4N2. The molecule has 0 unspecified atom stereocenters. The molecule has 0 atom stereocenters. The number of rotatable bonds is 0. The predicted molar refractivity (Wildman–Crippen MR) is 47.9 cm³/mol. The van der Waals surface area contributed by atoms with Gasteiger partial charge in [-0.3, -0.25) is 4.40 Å². The molecule has 0 aromatic carbocycles. The van der Waals surface area contributed by atoms with E-state index in [1.54, 1.807) is 0 Å². The summed E-state index contributed by atoms with van der Waals surface area (Å²) in [5.74, 6) is -1.90. The molecule has 2 aromatic heterocycles. The van der Waals surface area contributed by atoms with E-state index in [9.17, 15) is 17.6 Å². The molecule has 0 aliphatic carbocycles. The first-order chi connectivity index (χ1) is 6.89. The van der Waals surface area contributed by atoms with Crippen molar-refractivity contribution in [3.63, 3.8) is 0 Å². The molecule has 2 heterocycles. The van der Waals surface area contributed by atoms with Gasteiger partial charge in [-0.25, -0.2) is 9.37 Å². The van der Waals surface area contributed by atoms with E-state index in [1.807, 2.05) is 0 Å². The molecule has 0 saturated carbocycles. The molecule has 0 N–H and O–H groups in total. The minimum absolute atomic E-state index is 0.0369. The van der Waals surface area contributed by atoms with Gasteiger partial charge < -0.3 is 0 Å². The van der Waals surface area contributed by atoms with Crippen molar-refractivity contribution in [1.29, 1.82) is 0 Å². The second-order valence-electron chi connectivity index (χ2n) is 2.83. The van der Waals surface area contributed by atoms with E-state index < -0.39 is 17.8 Å². The van der Waals surface area contributed by atoms with Crippen LogP contribution in [0, 0.1) is 5.82 Å². The summed E-state index contributed by atoms with van der Waals surface area (Å²) in [5.41, 5.74) is 0.170. The lowest BCUT2D eigenvalue weighted by Crippen LogP contribution is -2.10. The lowest BCUT2D eigenvalue weighted by atomic mass is 10.4. The minimum Gasteiger partial charge on any atom is -0.292 e. The van der Waals surface area contributed by atoms with E-state index in [4.69, 9.17) is 0 Å². The number of hydrogen-bond acceptors (Lipinski definition) is 1. The Hall–Kier alpha value is -1.11. The monoisotopic (exact) mass is 282 g/mol. The predicted octanol–water partition coefficient (Wildman–Crippen LogP) is 3.25. The van der Waals surface area contributed by atoms with Crippen molar-refractivity contribution in [2.45, 2.75) is 6.18 Å². The zero-order valence-electron chi connectivity index (χ0n) is 7.02. The number of pyridine rings is 1. The van der Waals surface area contributed by atoms with Gasteiger partial charge in [0.05, 0.1) is 5.52 Å². The maximum Gasteiger partial charge on any atom is 0.450 e. The van der Waals surface area contributed by atoms with Gasteiger partial charge in [0.1, 0.15) is 10.4 Å². The highest BCUT2D eigenvalue weighted by molar-refractivity contribution is 9.10. The molecule has 0 spiro atoms. The van der Waals surface area contributed by atoms with Crippen molar-refractivity contribution in [3.05, 3.63) is 34.6 Å². The van der Waals surface area contributed by atoms with Gasteiger partial charge in [0.25, 0.3) is 0 Å². The first-order valence-corrected chi connectivity index (χ1v) is 4.59. The third-order valence-electron chi connectivity index (χ3n) is 1.81. The van der Waals surface area contributed by atoms with Gasteiger partial charge >= 0.3 is 6.18 Å². The molecule has 80 valence electrons. The van der Waals surface area contributed by atoms with Crippen molar-refractivity contribution in [3.8, 4) is 0 Å². The number of nitrogens with zero attached hydrogens (tertiary/aromatic N) is 2. The number of alkyl halides is 3. The maximum absolute atomic E-state index is 12.8. The van der Waals surface area contributed by atoms with Crippen LogP contribution >= 0.6 is 15.9 Å². The van der Waals surface area contributed by atoms with Crippen molar-refractivity contribution >= 4 is 21.4 Å². The Morgan fingerprint density at radius 1 is 1.27 bits per heavy atom. The second kappa shape index (κ2) is 3.19. The third-order valence-corrected chi connectivity index (χ3v) is 2.39. The highest BCUT2D eigenvalue weighted by atomic mass is 79.9. The number of aromatic nitrogens is 2. The second-order valence-corrected chi connectivity index (χ2v) is 3.58. The summed E-state index contributed by atoms with van der Waals surface area (Å²) in [6.07, 6.45) is -3.86. The standard InChI is InChI=1S/C8H3BrF4N2/c9-6-5-2-1-4(10)3-15(5)7(14-6)8(11,12)13/h1-3H. The fraction of sp³-hybridized carbons (Fsp3) is 0.125. The van der Waals surface area contributed by atoms with Gasteiger partial charge in [-0.05, 0) is 28.1 Å². The molecule has 0 aliphatic heterocycles. The summed E-state index contributed by atoms with van der Waals surface area (Å²) >= 11 is 2.88. The SMILES string of the molecule is Fc1ccc2c(Br)nc(C(F)(F)F)n2c1. The van der Waals surface area contributed by atoms with Gasteiger partial charge in [0.2, 0.25) is 5.82 Å². The Bertz CT molecular complexity index is 517.